The van der Waals surface area contributed by atoms with E-state index >= 15 is 0 Å². The van der Waals surface area contributed by atoms with Crippen LogP contribution < -0.4 is 10.2 Å². The lowest BCUT2D eigenvalue weighted by molar-refractivity contribution is 0.669. The van der Waals surface area contributed by atoms with Crippen molar-refractivity contribution in [2.24, 2.45) is 0 Å². The van der Waals surface area contributed by atoms with Crippen molar-refractivity contribution in [1.29, 1.82) is 0 Å². The van der Waals surface area contributed by atoms with Gasteiger partial charge in [0.25, 0.3) is 0 Å². The third kappa shape index (κ3) is 5.65. The van der Waals surface area contributed by atoms with Gasteiger partial charge >= 0.3 is 0 Å². The number of para-hydroxylation sites is 3. The molecule has 0 spiro atoms. The van der Waals surface area contributed by atoms with Crippen LogP contribution in [0.5, 0.6) is 0 Å². The number of furan rings is 1. The topological polar surface area (TPSA) is 67.1 Å². The molecule has 0 bridgehead atoms. The second kappa shape index (κ2) is 13.2. The van der Waals surface area contributed by atoms with Crippen molar-refractivity contribution in [2.75, 3.05) is 10.2 Å². The Balaban J connectivity index is 0.962. The van der Waals surface area contributed by atoms with E-state index in [0.29, 0.717) is 17.5 Å². The molecule has 0 radical (unpaired) electrons. The first-order chi connectivity index (χ1) is 26.7. The first-order valence-corrected chi connectivity index (χ1v) is 18.4. The highest BCUT2D eigenvalue weighted by Crippen LogP contribution is 2.41. The van der Waals surface area contributed by atoms with E-state index in [1.54, 1.807) is 0 Å². The Morgan fingerprint density at radius 2 is 1.04 bits per heavy atom. The van der Waals surface area contributed by atoms with Crippen LogP contribution in [-0.4, -0.2) is 21.1 Å². The standard InChI is InChI=1S/C48H35N5O/c1-2-45-49-41-16-7-8-17-42(41)53(45)38-26-23-32(24-27-38)31-19-21-33(22-20-31)35-13-10-14-36(29-35)47-50-46(34-11-4-3-5-12-34)51-48(52-47)37-25-28-40-39-15-6-9-18-43(39)54-44(40)30-37/h3-30,45,49H,2H2,1H3. The molecule has 258 valence electrons. The second-order valence-corrected chi connectivity index (χ2v) is 13.6. The molecule has 6 heteroatoms. The number of aromatic nitrogens is 3. The van der Waals surface area contributed by atoms with E-state index in [2.05, 4.69) is 132 Å². The Morgan fingerprint density at radius 3 is 1.80 bits per heavy atom. The summed E-state index contributed by atoms with van der Waals surface area (Å²) in [7, 11) is 0. The maximum Gasteiger partial charge on any atom is 0.164 e. The molecular formula is C48H35N5O. The van der Waals surface area contributed by atoms with Crippen LogP contribution >= 0.6 is 0 Å². The quantitative estimate of drug-likeness (QED) is 0.179. The van der Waals surface area contributed by atoms with Gasteiger partial charge in [0.2, 0.25) is 0 Å². The zero-order chi connectivity index (χ0) is 36.0. The van der Waals surface area contributed by atoms with Crippen LogP contribution in [0.2, 0.25) is 0 Å². The maximum atomic E-state index is 6.22. The lowest BCUT2D eigenvalue weighted by Gasteiger charge is -2.26. The molecule has 9 aromatic rings. The van der Waals surface area contributed by atoms with Crippen LogP contribution in [0.3, 0.4) is 0 Å². The fourth-order valence-corrected chi connectivity index (χ4v) is 7.54. The molecule has 2 aromatic heterocycles. The summed E-state index contributed by atoms with van der Waals surface area (Å²) in [6.45, 7) is 2.22. The normalized spacial score (nSPS) is 13.6. The third-order valence-corrected chi connectivity index (χ3v) is 10.3. The summed E-state index contributed by atoms with van der Waals surface area (Å²) >= 11 is 0. The predicted molar refractivity (Wildman–Crippen MR) is 221 cm³/mol. The van der Waals surface area contributed by atoms with Crippen molar-refractivity contribution in [3.8, 4) is 56.4 Å². The number of hydrogen-bond acceptors (Lipinski definition) is 6. The molecule has 1 aliphatic heterocycles. The van der Waals surface area contributed by atoms with Crippen molar-refractivity contribution < 1.29 is 4.42 Å². The lowest BCUT2D eigenvalue weighted by Crippen LogP contribution is -2.30. The van der Waals surface area contributed by atoms with Crippen LogP contribution in [0.25, 0.3) is 78.4 Å². The lowest BCUT2D eigenvalue weighted by atomic mass is 9.98. The molecule has 1 atom stereocenters. The van der Waals surface area contributed by atoms with E-state index in [0.717, 1.165) is 56.2 Å². The first-order valence-electron chi connectivity index (χ1n) is 18.4. The average molecular weight is 698 g/mol. The Morgan fingerprint density at radius 1 is 0.481 bits per heavy atom. The predicted octanol–water partition coefficient (Wildman–Crippen LogP) is 12.4. The minimum atomic E-state index is 0.240. The molecule has 3 heterocycles. The number of rotatable bonds is 7. The smallest absolute Gasteiger partial charge is 0.164 e. The van der Waals surface area contributed by atoms with Gasteiger partial charge in [-0.3, -0.25) is 0 Å². The zero-order valence-corrected chi connectivity index (χ0v) is 29.6. The minimum absolute atomic E-state index is 0.240. The van der Waals surface area contributed by atoms with E-state index in [4.69, 9.17) is 19.4 Å². The molecule has 0 saturated carbocycles. The maximum absolute atomic E-state index is 6.22. The van der Waals surface area contributed by atoms with Crippen LogP contribution in [0.15, 0.2) is 174 Å². The van der Waals surface area contributed by atoms with Gasteiger partial charge < -0.3 is 14.6 Å². The molecular weight excluding hydrogens is 663 g/mol. The van der Waals surface area contributed by atoms with Gasteiger partial charge in [0.05, 0.1) is 11.4 Å². The van der Waals surface area contributed by atoms with E-state index in [9.17, 15) is 0 Å². The van der Waals surface area contributed by atoms with Gasteiger partial charge in [0, 0.05) is 33.2 Å². The highest BCUT2D eigenvalue weighted by Gasteiger charge is 2.28. The Labute approximate surface area is 313 Å². The zero-order valence-electron chi connectivity index (χ0n) is 29.6. The molecule has 10 rings (SSSR count). The van der Waals surface area contributed by atoms with Crippen molar-refractivity contribution in [1.82, 2.24) is 15.0 Å². The number of anilines is 3. The summed E-state index contributed by atoms with van der Waals surface area (Å²) in [6.07, 6.45) is 1.24. The van der Waals surface area contributed by atoms with Crippen molar-refractivity contribution in [3.05, 3.63) is 170 Å². The highest BCUT2D eigenvalue weighted by molar-refractivity contribution is 6.05. The molecule has 54 heavy (non-hydrogen) atoms. The Hall–Kier alpha value is -7.05. The minimum Gasteiger partial charge on any atom is -0.456 e. The van der Waals surface area contributed by atoms with Gasteiger partial charge in [-0.15, -0.1) is 0 Å². The number of benzene rings is 7. The molecule has 7 aromatic carbocycles. The second-order valence-electron chi connectivity index (χ2n) is 13.6. The Bertz CT molecular complexity index is 2790. The van der Waals surface area contributed by atoms with Gasteiger partial charge in [-0.2, -0.15) is 0 Å². The summed E-state index contributed by atoms with van der Waals surface area (Å²) in [4.78, 5) is 17.4. The largest absolute Gasteiger partial charge is 0.456 e. The summed E-state index contributed by atoms with van der Waals surface area (Å²) in [5.41, 5.74) is 12.5. The van der Waals surface area contributed by atoms with E-state index < -0.39 is 0 Å². The summed E-state index contributed by atoms with van der Waals surface area (Å²) in [6, 6.07) is 58.9. The SMILES string of the molecule is CCC1Nc2ccccc2N1c1ccc(-c2ccc(-c3cccc(-c4nc(-c5ccccc5)nc(-c5ccc6c(c5)oc5ccccc56)n4)c3)cc2)cc1. The third-order valence-electron chi connectivity index (χ3n) is 10.3. The fourth-order valence-electron chi connectivity index (χ4n) is 7.54. The Kier molecular flexibility index (Phi) is 7.73. The monoisotopic (exact) mass is 697 g/mol. The van der Waals surface area contributed by atoms with Crippen molar-refractivity contribution >= 4 is 39.0 Å². The molecule has 1 N–H and O–H groups in total. The first kappa shape index (κ1) is 31.7. The molecule has 6 nitrogen and oxygen atoms in total. The van der Waals surface area contributed by atoms with Crippen molar-refractivity contribution in [3.63, 3.8) is 0 Å². The van der Waals surface area contributed by atoms with Gasteiger partial charge in [-0.05, 0) is 77.2 Å². The highest BCUT2D eigenvalue weighted by atomic mass is 16.3. The van der Waals surface area contributed by atoms with Crippen LogP contribution in [0.4, 0.5) is 17.1 Å². The summed E-state index contributed by atoms with van der Waals surface area (Å²) in [5, 5.41) is 5.82. The molecule has 1 unspecified atom stereocenters. The van der Waals surface area contributed by atoms with Gasteiger partial charge in [-0.1, -0.05) is 128 Å². The van der Waals surface area contributed by atoms with Gasteiger partial charge in [0.1, 0.15) is 17.3 Å². The molecule has 0 fully saturated rings. The molecule has 1 aliphatic rings. The van der Waals surface area contributed by atoms with E-state index in [-0.39, 0.29) is 6.17 Å². The molecule has 0 amide bonds. The number of hydrogen-bond donors (Lipinski definition) is 1. The number of nitrogens with one attached hydrogen (secondary N) is 1. The van der Waals surface area contributed by atoms with Crippen molar-refractivity contribution in [2.45, 2.75) is 19.5 Å². The number of nitrogens with zero attached hydrogens (tertiary/aromatic N) is 4. The van der Waals surface area contributed by atoms with Crippen LogP contribution in [0, 0.1) is 0 Å². The molecule has 0 aliphatic carbocycles. The number of fused-ring (bicyclic) bond motifs is 4. The van der Waals surface area contributed by atoms with Crippen LogP contribution in [-0.2, 0) is 0 Å². The average Bonchev–Trinajstić information content (AvgIpc) is 3.82. The van der Waals surface area contributed by atoms with Gasteiger partial charge in [0.15, 0.2) is 17.5 Å². The summed E-state index contributed by atoms with van der Waals surface area (Å²) in [5.74, 6) is 1.83. The van der Waals surface area contributed by atoms with E-state index in [1.165, 1.54) is 28.2 Å². The van der Waals surface area contributed by atoms with Crippen LogP contribution in [0.1, 0.15) is 13.3 Å². The fraction of sp³-hybridized carbons (Fsp3) is 0.0625. The molecule has 0 saturated heterocycles. The van der Waals surface area contributed by atoms with Gasteiger partial charge in [-0.25, -0.2) is 15.0 Å². The summed E-state index contributed by atoms with van der Waals surface area (Å²) < 4.78 is 6.22. The van der Waals surface area contributed by atoms with E-state index in [1.807, 2.05) is 54.6 Å².